The summed E-state index contributed by atoms with van der Waals surface area (Å²) in [7, 11) is 1.45. The van der Waals surface area contributed by atoms with Crippen LogP contribution in [0.5, 0.6) is 11.5 Å². The molecule has 9 heteroatoms. The highest BCUT2D eigenvalue weighted by molar-refractivity contribution is 14.1. The van der Waals surface area contributed by atoms with Crippen molar-refractivity contribution in [1.82, 2.24) is 5.32 Å². The molecule has 2 rings (SSSR count). The zero-order chi connectivity index (χ0) is 20.7. The van der Waals surface area contributed by atoms with Gasteiger partial charge in [-0.25, -0.2) is 4.79 Å². The predicted octanol–water partition coefficient (Wildman–Crippen LogP) is 3.63. The Labute approximate surface area is 180 Å². The van der Waals surface area contributed by atoms with E-state index in [1.807, 2.05) is 29.6 Å². The summed E-state index contributed by atoms with van der Waals surface area (Å²) in [5.41, 5.74) is 5.95. The number of urea groups is 1. The highest BCUT2D eigenvalue weighted by Crippen LogP contribution is 2.37. The number of nitrogens with two attached hydrogens (primary N) is 1. The summed E-state index contributed by atoms with van der Waals surface area (Å²) in [6.45, 7) is 0.284. The summed E-state index contributed by atoms with van der Waals surface area (Å²) in [6, 6.07) is 11.5. The molecule has 2 aromatic carbocycles. The maximum atomic E-state index is 11.8. The lowest BCUT2D eigenvalue weighted by molar-refractivity contribution is -0.115. The summed E-state index contributed by atoms with van der Waals surface area (Å²) in [4.78, 5) is 22.6. The molecule has 28 heavy (non-hydrogen) atoms. The molecule has 0 atom stereocenters. The lowest BCUT2D eigenvalue weighted by Gasteiger charge is -2.13. The third-order valence-corrected chi connectivity index (χ3v) is 4.46. The lowest BCUT2D eigenvalue weighted by Crippen LogP contribution is -2.35. The number of primary amides is 1. The number of imide groups is 1. The van der Waals surface area contributed by atoms with Gasteiger partial charge in [0.1, 0.15) is 18.2 Å². The second-order valence-corrected chi connectivity index (χ2v) is 7.09. The number of hydrogen-bond acceptors (Lipinski definition) is 5. The second-order valence-electron chi connectivity index (χ2n) is 5.44. The molecule has 0 saturated heterocycles. The van der Waals surface area contributed by atoms with Gasteiger partial charge in [0.15, 0.2) is 11.5 Å². The first-order valence-electron chi connectivity index (χ1n) is 7.81. The van der Waals surface area contributed by atoms with Crippen molar-refractivity contribution >= 4 is 52.2 Å². The average molecular weight is 512 g/mol. The van der Waals surface area contributed by atoms with Crippen molar-refractivity contribution in [2.75, 3.05) is 7.11 Å². The van der Waals surface area contributed by atoms with E-state index in [0.717, 1.165) is 9.13 Å². The second kappa shape index (κ2) is 9.96. The van der Waals surface area contributed by atoms with Crippen LogP contribution in [0.2, 0.25) is 5.02 Å². The predicted molar refractivity (Wildman–Crippen MR) is 113 cm³/mol. The Hall–Kier alpha value is -2.77. The minimum absolute atomic E-state index is 0.240. The van der Waals surface area contributed by atoms with Gasteiger partial charge in [0.25, 0.3) is 5.91 Å². The van der Waals surface area contributed by atoms with Crippen molar-refractivity contribution in [2.45, 2.75) is 6.61 Å². The summed E-state index contributed by atoms with van der Waals surface area (Å²) >= 11 is 8.52. The zero-order valence-corrected chi connectivity index (χ0v) is 17.6. The number of ether oxygens (including phenoxy) is 2. The number of benzene rings is 2. The van der Waals surface area contributed by atoms with E-state index in [4.69, 9.17) is 32.1 Å². The number of halogens is 2. The van der Waals surface area contributed by atoms with Crippen molar-refractivity contribution in [2.24, 2.45) is 5.73 Å². The molecule has 0 unspecified atom stereocenters. The van der Waals surface area contributed by atoms with Crippen LogP contribution in [0.3, 0.4) is 0 Å². The summed E-state index contributed by atoms with van der Waals surface area (Å²) in [5.74, 6) is -0.249. The molecule has 0 aliphatic rings. The molecule has 0 aliphatic heterocycles. The Bertz CT molecular complexity index is 968. The van der Waals surface area contributed by atoms with Gasteiger partial charge in [-0.05, 0) is 64.1 Å². The fraction of sp³-hybridized carbons (Fsp3) is 0.105. The fourth-order valence-corrected chi connectivity index (χ4v) is 2.83. The lowest BCUT2D eigenvalue weighted by atomic mass is 10.1. The smallest absolute Gasteiger partial charge is 0.319 e. The van der Waals surface area contributed by atoms with Crippen LogP contribution in [0.4, 0.5) is 4.79 Å². The van der Waals surface area contributed by atoms with Crippen LogP contribution < -0.4 is 20.5 Å². The van der Waals surface area contributed by atoms with E-state index < -0.39 is 11.9 Å². The Balaban J connectivity index is 2.28. The van der Waals surface area contributed by atoms with Gasteiger partial charge in [-0.2, -0.15) is 5.26 Å². The van der Waals surface area contributed by atoms with Crippen molar-refractivity contribution in [3.05, 3.63) is 61.7 Å². The van der Waals surface area contributed by atoms with Gasteiger partial charge in [-0.15, -0.1) is 0 Å². The molecule has 0 heterocycles. The molecule has 3 N–H and O–H groups in total. The molecular weight excluding hydrogens is 497 g/mol. The SMILES string of the molecule is COc1cc(/C=C(/C#N)C(=O)NC(N)=O)cc(Cl)c1OCc1ccc(I)cc1. The Kier molecular flexibility index (Phi) is 7.66. The number of rotatable bonds is 6. The normalized spacial score (nSPS) is 10.7. The number of carbonyl (C=O) groups excluding carboxylic acids is 2. The molecule has 0 saturated carbocycles. The number of nitrogens with zero attached hydrogens (tertiary/aromatic N) is 1. The molecular formula is C19H15ClIN3O4. The third-order valence-electron chi connectivity index (χ3n) is 3.46. The number of hydrogen-bond donors (Lipinski definition) is 2. The molecule has 0 aliphatic carbocycles. The average Bonchev–Trinajstić information content (AvgIpc) is 2.65. The quantitative estimate of drug-likeness (QED) is 0.349. The standard InChI is InChI=1S/C19H15ClIN3O4/c1-27-16-8-12(6-13(9-22)18(25)24-19(23)26)7-15(20)17(16)28-10-11-2-4-14(21)5-3-11/h2-8H,10H2,1H3,(H3,23,24,25,26)/b13-6-. The van der Waals surface area contributed by atoms with Crippen molar-refractivity contribution in [1.29, 1.82) is 5.26 Å². The number of nitrogens with one attached hydrogen (secondary N) is 1. The van der Waals surface area contributed by atoms with E-state index in [9.17, 15) is 9.59 Å². The van der Waals surface area contributed by atoms with E-state index in [2.05, 4.69) is 22.6 Å². The molecule has 0 bridgehead atoms. The van der Waals surface area contributed by atoms with E-state index in [0.29, 0.717) is 17.1 Å². The minimum Gasteiger partial charge on any atom is -0.493 e. The van der Waals surface area contributed by atoms with E-state index in [1.165, 1.54) is 19.3 Å². The molecule has 0 spiro atoms. The highest BCUT2D eigenvalue weighted by Gasteiger charge is 2.15. The number of nitriles is 1. The Morgan fingerprint density at radius 3 is 2.57 bits per heavy atom. The molecule has 7 nitrogen and oxygen atoms in total. The first-order valence-corrected chi connectivity index (χ1v) is 9.27. The third kappa shape index (κ3) is 5.87. The molecule has 2 aromatic rings. The van der Waals surface area contributed by atoms with Gasteiger partial charge in [-0.3, -0.25) is 10.1 Å². The first-order chi connectivity index (χ1) is 13.3. The van der Waals surface area contributed by atoms with Crippen molar-refractivity contribution < 1.29 is 19.1 Å². The van der Waals surface area contributed by atoms with Crippen LogP contribution in [-0.4, -0.2) is 19.0 Å². The van der Waals surface area contributed by atoms with Crippen LogP contribution >= 0.6 is 34.2 Å². The van der Waals surface area contributed by atoms with Crippen molar-refractivity contribution in [3.8, 4) is 17.6 Å². The van der Waals surface area contributed by atoms with Gasteiger partial charge >= 0.3 is 6.03 Å². The maximum Gasteiger partial charge on any atom is 0.319 e. The molecule has 144 valence electrons. The summed E-state index contributed by atoms with van der Waals surface area (Å²) in [6.07, 6.45) is 1.26. The number of amides is 3. The zero-order valence-electron chi connectivity index (χ0n) is 14.7. The van der Waals surface area contributed by atoms with Gasteiger partial charge in [-0.1, -0.05) is 23.7 Å². The Morgan fingerprint density at radius 1 is 1.32 bits per heavy atom. The summed E-state index contributed by atoms with van der Waals surface area (Å²) in [5, 5.41) is 11.2. The first kappa shape index (κ1) is 21.5. The fourth-order valence-electron chi connectivity index (χ4n) is 2.19. The molecule has 0 radical (unpaired) electrons. The van der Waals surface area contributed by atoms with Crippen LogP contribution in [0.15, 0.2) is 42.0 Å². The van der Waals surface area contributed by atoms with Crippen molar-refractivity contribution in [3.63, 3.8) is 0 Å². The van der Waals surface area contributed by atoms with Crippen LogP contribution in [-0.2, 0) is 11.4 Å². The van der Waals surface area contributed by atoms with E-state index in [-0.39, 0.29) is 17.2 Å². The largest absolute Gasteiger partial charge is 0.493 e. The topological polar surface area (TPSA) is 114 Å². The Morgan fingerprint density at radius 2 is 2.00 bits per heavy atom. The molecule has 0 aromatic heterocycles. The van der Waals surface area contributed by atoms with Crippen LogP contribution in [0.1, 0.15) is 11.1 Å². The molecule has 3 amide bonds. The van der Waals surface area contributed by atoms with E-state index in [1.54, 1.807) is 12.1 Å². The monoisotopic (exact) mass is 511 g/mol. The number of methoxy groups -OCH3 is 1. The number of carbonyl (C=O) groups is 2. The molecule has 0 fully saturated rings. The maximum absolute atomic E-state index is 11.8. The summed E-state index contributed by atoms with van der Waals surface area (Å²) < 4.78 is 12.2. The van der Waals surface area contributed by atoms with Gasteiger partial charge < -0.3 is 15.2 Å². The minimum atomic E-state index is -1.05. The van der Waals surface area contributed by atoms with Gasteiger partial charge in [0.2, 0.25) is 0 Å². The van der Waals surface area contributed by atoms with Gasteiger partial charge in [0, 0.05) is 3.57 Å². The highest BCUT2D eigenvalue weighted by atomic mass is 127. The van der Waals surface area contributed by atoms with Crippen LogP contribution in [0, 0.1) is 14.9 Å². The van der Waals surface area contributed by atoms with Crippen LogP contribution in [0.25, 0.3) is 6.08 Å². The van der Waals surface area contributed by atoms with E-state index >= 15 is 0 Å². The van der Waals surface area contributed by atoms with Gasteiger partial charge in [0.05, 0.1) is 12.1 Å².